The van der Waals surface area contributed by atoms with Crippen LogP contribution in [0.4, 0.5) is 0 Å². The Bertz CT molecular complexity index is 920. The number of para-hydroxylation sites is 1. The number of benzene rings is 1. The summed E-state index contributed by atoms with van der Waals surface area (Å²) < 4.78 is 5.99. The highest BCUT2D eigenvalue weighted by Gasteiger charge is 2.25. The standard InChI is InChI=1S/C18H19N3O3/c1-10(2)16(19-18(23)13-8-9-15(22)21-20-13)17-11(3)12-6-4-5-7-14(12)24-17/h4-10,16H,1-3H3,(H,19,23)(H,21,22). The van der Waals surface area contributed by atoms with Crippen LogP contribution in [-0.4, -0.2) is 16.1 Å². The number of aromatic amines is 1. The van der Waals surface area contributed by atoms with E-state index in [2.05, 4.69) is 15.5 Å². The minimum Gasteiger partial charge on any atom is -0.459 e. The van der Waals surface area contributed by atoms with Crippen molar-refractivity contribution in [3.05, 3.63) is 63.8 Å². The van der Waals surface area contributed by atoms with Crippen LogP contribution >= 0.6 is 0 Å². The number of hydrogen-bond acceptors (Lipinski definition) is 4. The molecule has 0 aliphatic carbocycles. The monoisotopic (exact) mass is 325 g/mol. The van der Waals surface area contributed by atoms with Crippen LogP contribution in [0, 0.1) is 12.8 Å². The van der Waals surface area contributed by atoms with Crippen molar-refractivity contribution in [1.29, 1.82) is 0 Å². The lowest BCUT2D eigenvalue weighted by molar-refractivity contribution is 0.0912. The molecule has 1 aromatic carbocycles. The molecule has 1 unspecified atom stereocenters. The Labute approximate surface area is 138 Å². The zero-order valence-corrected chi connectivity index (χ0v) is 13.8. The van der Waals surface area contributed by atoms with Gasteiger partial charge in [0, 0.05) is 17.0 Å². The van der Waals surface area contributed by atoms with Gasteiger partial charge in [0.1, 0.15) is 17.0 Å². The summed E-state index contributed by atoms with van der Waals surface area (Å²) in [6, 6.07) is 10.2. The van der Waals surface area contributed by atoms with Crippen molar-refractivity contribution in [3.8, 4) is 0 Å². The van der Waals surface area contributed by atoms with E-state index in [-0.39, 0.29) is 29.1 Å². The van der Waals surface area contributed by atoms with Crippen LogP contribution in [0.3, 0.4) is 0 Å². The van der Waals surface area contributed by atoms with Gasteiger partial charge in [0.05, 0.1) is 6.04 Å². The lowest BCUT2D eigenvalue weighted by atomic mass is 9.98. The van der Waals surface area contributed by atoms with E-state index in [9.17, 15) is 9.59 Å². The van der Waals surface area contributed by atoms with Gasteiger partial charge in [0.25, 0.3) is 11.5 Å². The molecule has 3 aromatic rings. The van der Waals surface area contributed by atoms with Crippen molar-refractivity contribution in [2.45, 2.75) is 26.8 Å². The number of hydrogen-bond donors (Lipinski definition) is 2. The summed E-state index contributed by atoms with van der Waals surface area (Å²) in [5.74, 6) is 0.504. The maximum Gasteiger partial charge on any atom is 0.272 e. The van der Waals surface area contributed by atoms with Gasteiger partial charge >= 0.3 is 0 Å². The van der Waals surface area contributed by atoms with Gasteiger partial charge < -0.3 is 9.73 Å². The second kappa shape index (κ2) is 6.31. The van der Waals surface area contributed by atoms with Gasteiger partial charge in [-0.3, -0.25) is 9.59 Å². The molecule has 0 fully saturated rings. The fourth-order valence-electron chi connectivity index (χ4n) is 2.71. The number of nitrogens with one attached hydrogen (secondary N) is 2. The van der Waals surface area contributed by atoms with E-state index < -0.39 is 0 Å². The number of amides is 1. The van der Waals surface area contributed by atoms with Crippen molar-refractivity contribution in [1.82, 2.24) is 15.5 Å². The zero-order valence-electron chi connectivity index (χ0n) is 13.8. The smallest absolute Gasteiger partial charge is 0.272 e. The summed E-state index contributed by atoms with van der Waals surface area (Å²) in [4.78, 5) is 23.5. The molecule has 2 heterocycles. The Morgan fingerprint density at radius 2 is 1.96 bits per heavy atom. The molecule has 24 heavy (non-hydrogen) atoms. The predicted octanol–water partition coefficient (Wildman–Crippen LogP) is 2.95. The number of aryl methyl sites for hydroxylation is 1. The van der Waals surface area contributed by atoms with Crippen LogP contribution in [0.15, 0.2) is 45.6 Å². The second-order valence-corrected chi connectivity index (χ2v) is 6.09. The summed E-state index contributed by atoms with van der Waals surface area (Å²) >= 11 is 0. The lowest BCUT2D eigenvalue weighted by Crippen LogP contribution is -2.33. The lowest BCUT2D eigenvalue weighted by Gasteiger charge is -2.21. The molecular weight excluding hydrogens is 306 g/mol. The first-order valence-corrected chi connectivity index (χ1v) is 7.82. The van der Waals surface area contributed by atoms with Crippen molar-refractivity contribution in [2.75, 3.05) is 0 Å². The molecule has 0 saturated heterocycles. The van der Waals surface area contributed by atoms with E-state index in [1.54, 1.807) is 0 Å². The number of aromatic nitrogens is 2. The summed E-state index contributed by atoms with van der Waals surface area (Å²) in [6.45, 7) is 6.01. The normalized spacial score (nSPS) is 12.5. The number of H-pyrrole nitrogens is 1. The van der Waals surface area contributed by atoms with Crippen LogP contribution < -0.4 is 10.9 Å². The van der Waals surface area contributed by atoms with E-state index in [0.717, 1.165) is 22.3 Å². The molecule has 6 heteroatoms. The number of rotatable bonds is 4. The van der Waals surface area contributed by atoms with Crippen LogP contribution in [0.1, 0.15) is 41.7 Å². The highest BCUT2D eigenvalue weighted by molar-refractivity contribution is 5.92. The first kappa shape index (κ1) is 16.0. The molecule has 124 valence electrons. The SMILES string of the molecule is Cc1c(C(NC(=O)c2ccc(=O)[nH]n2)C(C)C)oc2ccccc12. The largest absolute Gasteiger partial charge is 0.459 e. The maximum absolute atomic E-state index is 12.4. The topological polar surface area (TPSA) is 88.0 Å². The quantitative estimate of drug-likeness (QED) is 0.772. The Balaban J connectivity index is 1.94. The third-order valence-corrected chi connectivity index (χ3v) is 4.03. The van der Waals surface area contributed by atoms with Gasteiger partial charge in [0.15, 0.2) is 0 Å². The Morgan fingerprint density at radius 1 is 1.21 bits per heavy atom. The fraction of sp³-hybridized carbons (Fsp3) is 0.278. The molecule has 0 aliphatic rings. The number of nitrogens with zero attached hydrogens (tertiary/aromatic N) is 1. The van der Waals surface area contributed by atoms with Crippen molar-refractivity contribution in [3.63, 3.8) is 0 Å². The summed E-state index contributed by atoms with van der Waals surface area (Å²) in [5, 5.41) is 10.0. The van der Waals surface area contributed by atoms with Gasteiger partial charge in [-0.25, -0.2) is 5.10 Å². The third kappa shape index (κ3) is 2.95. The first-order valence-electron chi connectivity index (χ1n) is 7.82. The zero-order chi connectivity index (χ0) is 17.3. The highest BCUT2D eigenvalue weighted by Crippen LogP contribution is 2.32. The molecule has 0 aliphatic heterocycles. The molecule has 6 nitrogen and oxygen atoms in total. The predicted molar refractivity (Wildman–Crippen MR) is 90.9 cm³/mol. The Kier molecular flexibility index (Phi) is 4.20. The average molecular weight is 325 g/mol. The Hall–Kier alpha value is -2.89. The molecule has 0 bridgehead atoms. The van der Waals surface area contributed by atoms with Gasteiger partial charge in [-0.05, 0) is 25.0 Å². The third-order valence-electron chi connectivity index (χ3n) is 4.03. The summed E-state index contributed by atoms with van der Waals surface area (Å²) in [7, 11) is 0. The number of carbonyl (C=O) groups excluding carboxylic acids is 1. The summed E-state index contributed by atoms with van der Waals surface area (Å²) in [6.07, 6.45) is 0. The molecule has 0 radical (unpaired) electrons. The van der Waals surface area contributed by atoms with Crippen molar-refractivity contribution >= 4 is 16.9 Å². The van der Waals surface area contributed by atoms with Gasteiger partial charge in [-0.2, -0.15) is 5.10 Å². The molecule has 1 atom stereocenters. The van der Waals surface area contributed by atoms with Gasteiger partial charge in [-0.15, -0.1) is 0 Å². The average Bonchev–Trinajstić information content (AvgIpc) is 2.90. The number of fused-ring (bicyclic) bond motifs is 1. The van der Waals surface area contributed by atoms with Crippen LogP contribution in [0.25, 0.3) is 11.0 Å². The molecule has 1 amide bonds. The van der Waals surface area contributed by atoms with Gasteiger partial charge in [-0.1, -0.05) is 32.0 Å². The fourth-order valence-corrected chi connectivity index (χ4v) is 2.71. The molecular formula is C18H19N3O3. The van der Waals surface area contributed by atoms with E-state index in [0.29, 0.717) is 0 Å². The number of carbonyl (C=O) groups is 1. The van der Waals surface area contributed by atoms with Crippen LogP contribution in [-0.2, 0) is 0 Å². The van der Waals surface area contributed by atoms with Crippen molar-refractivity contribution < 1.29 is 9.21 Å². The van der Waals surface area contributed by atoms with E-state index in [1.807, 2.05) is 45.0 Å². The van der Waals surface area contributed by atoms with E-state index in [4.69, 9.17) is 4.42 Å². The Morgan fingerprint density at radius 3 is 2.58 bits per heavy atom. The molecule has 0 spiro atoms. The second-order valence-electron chi connectivity index (χ2n) is 6.09. The van der Waals surface area contributed by atoms with Crippen LogP contribution in [0.2, 0.25) is 0 Å². The van der Waals surface area contributed by atoms with E-state index in [1.165, 1.54) is 12.1 Å². The van der Waals surface area contributed by atoms with E-state index >= 15 is 0 Å². The van der Waals surface area contributed by atoms with Gasteiger partial charge in [0.2, 0.25) is 0 Å². The highest BCUT2D eigenvalue weighted by atomic mass is 16.3. The minimum atomic E-state index is -0.357. The maximum atomic E-state index is 12.4. The first-order chi connectivity index (χ1) is 11.5. The van der Waals surface area contributed by atoms with Crippen LogP contribution in [0.5, 0.6) is 0 Å². The van der Waals surface area contributed by atoms with Crippen molar-refractivity contribution in [2.24, 2.45) is 5.92 Å². The molecule has 0 saturated carbocycles. The minimum absolute atomic E-state index is 0.121. The molecule has 3 rings (SSSR count). The molecule has 2 N–H and O–H groups in total. The molecule has 2 aromatic heterocycles. The summed E-state index contributed by atoms with van der Waals surface area (Å²) in [5.41, 5.74) is 1.63. The number of furan rings is 1.